The van der Waals surface area contributed by atoms with Gasteiger partial charge in [-0.1, -0.05) is 0 Å². The van der Waals surface area contributed by atoms with E-state index >= 15 is 0 Å². The summed E-state index contributed by atoms with van der Waals surface area (Å²) >= 11 is 0. The number of nitrogen functional groups attached to an aromatic ring is 1. The Morgan fingerprint density at radius 1 is 1.14 bits per heavy atom. The maximum absolute atomic E-state index is 10.9. The van der Waals surface area contributed by atoms with Gasteiger partial charge in [0.1, 0.15) is 0 Å². The second-order valence-electron chi connectivity index (χ2n) is 4.42. The van der Waals surface area contributed by atoms with Crippen LogP contribution in [0.5, 0.6) is 0 Å². The number of nitrogens with two attached hydrogens (primary N) is 1. The van der Waals surface area contributed by atoms with Crippen molar-refractivity contribution in [1.82, 2.24) is 0 Å². The first-order valence-electron chi connectivity index (χ1n) is 7.03. The van der Waals surface area contributed by atoms with Gasteiger partial charge in [-0.3, -0.25) is 10.1 Å². The lowest BCUT2D eigenvalue weighted by Crippen LogP contribution is -2.31. The standard InChI is InChI=1S/C14H23N3O4/c1-3-20-7-5-16(6-8-21-4-2)13-9-12(15)10-14(11-13)17(18)19/h9-11H,3-8,15H2,1-2H3. The molecule has 0 heterocycles. The molecule has 0 aliphatic heterocycles. The highest BCUT2D eigenvalue weighted by Gasteiger charge is 2.13. The Bertz CT molecular complexity index is 444. The number of hydrogen-bond donors (Lipinski definition) is 1. The van der Waals surface area contributed by atoms with Crippen LogP contribution in [0.1, 0.15) is 13.8 Å². The lowest BCUT2D eigenvalue weighted by molar-refractivity contribution is -0.384. The van der Waals surface area contributed by atoms with Gasteiger partial charge < -0.3 is 20.1 Å². The molecule has 0 bridgehead atoms. The van der Waals surface area contributed by atoms with Crippen molar-refractivity contribution in [3.8, 4) is 0 Å². The third kappa shape index (κ3) is 5.97. The van der Waals surface area contributed by atoms with Gasteiger partial charge >= 0.3 is 0 Å². The van der Waals surface area contributed by atoms with Gasteiger partial charge in [0.15, 0.2) is 0 Å². The normalized spacial score (nSPS) is 10.6. The highest BCUT2D eigenvalue weighted by atomic mass is 16.6. The van der Waals surface area contributed by atoms with Gasteiger partial charge in [0, 0.05) is 49.8 Å². The van der Waals surface area contributed by atoms with E-state index in [1.54, 1.807) is 6.07 Å². The molecule has 1 rings (SSSR count). The van der Waals surface area contributed by atoms with Crippen molar-refractivity contribution < 1.29 is 14.4 Å². The molecule has 0 aromatic heterocycles. The van der Waals surface area contributed by atoms with E-state index in [0.717, 1.165) is 0 Å². The largest absolute Gasteiger partial charge is 0.398 e. The molecule has 0 aliphatic carbocycles. The summed E-state index contributed by atoms with van der Waals surface area (Å²) in [6.45, 7) is 7.47. The summed E-state index contributed by atoms with van der Waals surface area (Å²) in [5.74, 6) is 0. The molecular weight excluding hydrogens is 274 g/mol. The molecule has 0 unspecified atom stereocenters. The Morgan fingerprint density at radius 3 is 2.19 bits per heavy atom. The summed E-state index contributed by atoms with van der Waals surface area (Å²) in [7, 11) is 0. The molecule has 1 aromatic rings. The monoisotopic (exact) mass is 297 g/mol. The van der Waals surface area contributed by atoms with Crippen LogP contribution in [0.15, 0.2) is 18.2 Å². The molecule has 1 aromatic carbocycles. The molecule has 7 nitrogen and oxygen atoms in total. The van der Waals surface area contributed by atoms with Gasteiger partial charge in [0.2, 0.25) is 0 Å². The first-order valence-corrected chi connectivity index (χ1v) is 7.03. The first kappa shape index (κ1) is 17.2. The molecule has 0 saturated heterocycles. The number of ether oxygens (including phenoxy) is 2. The highest BCUT2D eigenvalue weighted by Crippen LogP contribution is 2.25. The van der Waals surface area contributed by atoms with E-state index in [-0.39, 0.29) is 5.69 Å². The van der Waals surface area contributed by atoms with Gasteiger partial charge in [-0.05, 0) is 19.9 Å². The lowest BCUT2D eigenvalue weighted by atomic mass is 10.2. The summed E-state index contributed by atoms with van der Waals surface area (Å²) < 4.78 is 10.7. The number of anilines is 2. The second-order valence-corrected chi connectivity index (χ2v) is 4.42. The number of nitrogens with zero attached hydrogens (tertiary/aromatic N) is 2. The van der Waals surface area contributed by atoms with Crippen molar-refractivity contribution in [2.24, 2.45) is 0 Å². The van der Waals surface area contributed by atoms with Crippen LogP contribution < -0.4 is 10.6 Å². The minimum atomic E-state index is -0.441. The molecule has 0 amide bonds. The van der Waals surface area contributed by atoms with E-state index in [9.17, 15) is 10.1 Å². The average molecular weight is 297 g/mol. The zero-order valence-corrected chi connectivity index (χ0v) is 12.6. The Hall–Kier alpha value is -1.86. The van der Waals surface area contributed by atoms with Gasteiger partial charge in [-0.25, -0.2) is 0 Å². The maximum atomic E-state index is 10.9. The van der Waals surface area contributed by atoms with Crippen molar-refractivity contribution >= 4 is 17.1 Å². The van der Waals surface area contributed by atoms with Gasteiger partial charge in [0.25, 0.3) is 5.69 Å². The Balaban J connectivity index is 2.86. The summed E-state index contributed by atoms with van der Waals surface area (Å²) in [4.78, 5) is 12.5. The summed E-state index contributed by atoms with van der Waals surface area (Å²) in [5.41, 5.74) is 6.82. The number of rotatable bonds is 10. The van der Waals surface area contributed by atoms with E-state index in [1.165, 1.54) is 12.1 Å². The zero-order valence-electron chi connectivity index (χ0n) is 12.6. The molecule has 21 heavy (non-hydrogen) atoms. The number of nitro benzene ring substituents is 1. The molecule has 118 valence electrons. The van der Waals surface area contributed by atoms with Crippen LogP contribution in [-0.4, -0.2) is 44.4 Å². The number of benzene rings is 1. The smallest absolute Gasteiger partial charge is 0.273 e. The van der Waals surface area contributed by atoms with Crippen molar-refractivity contribution in [2.75, 3.05) is 50.2 Å². The first-order chi connectivity index (χ1) is 10.1. The molecule has 7 heteroatoms. The number of nitro groups is 1. The van der Waals surface area contributed by atoms with Crippen LogP contribution in [0.3, 0.4) is 0 Å². The van der Waals surface area contributed by atoms with Crippen LogP contribution >= 0.6 is 0 Å². The minimum absolute atomic E-state index is 0.0113. The van der Waals surface area contributed by atoms with Gasteiger partial charge in [-0.2, -0.15) is 0 Å². The second kappa shape index (κ2) is 9.15. The fourth-order valence-electron chi connectivity index (χ4n) is 1.91. The fraction of sp³-hybridized carbons (Fsp3) is 0.571. The van der Waals surface area contributed by atoms with Gasteiger partial charge in [0.05, 0.1) is 18.1 Å². The SMILES string of the molecule is CCOCCN(CCOCC)c1cc(N)cc([N+](=O)[O-])c1. The highest BCUT2D eigenvalue weighted by molar-refractivity contribution is 5.62. The van der Waals surface area contributed by atoms with Crippen molar-refractivity contribution in [2.45, 2.75) is 13.8 Å². The zero-order chi connectivity index (χ0) is 15.7. The van der Waals surface area contributed by atoms with E-state index < -0.39 is 4.92 Å². The Labute approximate surface area is 124 Å². The molecule has 0 fully saturated rings. The third-order valence-corrected chi connectivity index (χ3v) is 2.92. The molecule has 0 aliphatic rings. The molecule has 0 saturated carbocycles. The molecule has 0 radical (unpaired) electrons. The topological polar surface area (TPSA) is 90.9 Å². The van der Waals surface area contributed by atoms with Crippen molar-refractivity contribution in [3.05, 3.63) is 28.3 Å². The number of hydrogen-bond acceptors (Lipinski definition) is 6. The maximum Gasteiger partial charge on any atom is 0.273 e. The van der Waals surface area contributed by atoms with Crippen LogP contribution in [0.2, 0.25) is 0 Å². The van der Waals surface area contributed by atoms with Crippen LogP contribution in [0.25, 0.3) is 0 Å². The van der Waals surface area contributed by atoms with E-state index in [4.69, 9.17) is 15.2 Å². The fourth-order valence-corrected chi connectivity index (χ4v) is 1.91. The summed E-state index contributed by atoms with van der Waals surface area (Å²) in [6.07, 6.45) is 0. The lowest BCUT2D eigenvalue weighted by Gasteiger charge is -2.24. The average Bonchev–Trinajstić information content (AvgIpc) is 2.45. The van der Waals surface area contributed by atoms with E-state index in [1.807, 2.05) is 18.7 Å². The van der Waals surface area contributed by atoms with Gasteiger partial charge in [-0.15, -0.1) is 0 Å². The van der Waals surface area contributed by atoms with Crippen LogP contribution in [-0.2, 0) is 9.47 Å². The predicted molar refractivity (Wildman–Crippen MR) is 82.7 cm³/mol. The number of non-ortho nitro benzene ring substituents is 1. The Kier molecular flexibility index (Phi) is 7.49. The van der Waals surface area contributed by atoms with Crippen LogP contribution in [0, 0.1) is 10.1 Å². The Morgan fingerprint density at radius 2 is 1.71 bits per heavy atom. The summed E-state index contributed by atoms with van der Waals surface area (Å²) in [5, 5.41) is 10.9. The van der Waals surface area contributed by atoms with E-state index in [0.29, 0.717) is 50.9 Å². The minimum Gasteiger partial charge on any atom is -0.398 e. The molecule has 0 spiro atoms. The molecule has 2 N–H and O–H groups in total. The molecule has 0 atom stereocenters. The third-order valence-electron chi connectivity index (χ3n) is 2.92. The predicted octanol–water partition coefficient (Wildman–Crippen LogP) is 2.06. The van der Waals surface area contributed by atoms with Crippen molar-refractivity contribution in [1.29, 1.82) is 0 Å². The quantitative estimate of drug-likeness (QED) is 0.307. The molecular formula is C14H23N3O4. The van der Waals surface area contributed by atoms with Crippen molar-refractivity contribution in [3.63, 3.8) is 0 Å². The van der Waals surface area contributed by atoms with Crippen LogP contribution in [0.4, 0.5) is 17.1 Å². The van der Waals surface area contributed by atoms with E-state index in [2.05, 4.69) is 0 Å². The summed E-state index contributed by atoms with van der Waals surface area (Å²) in [6, 6.07) is 4.60.